The molecule has 23 heavy (non-hydrogen) atoms. The first-order valence-corrected chi connectivity index (χ1v) is 7.76. The molecule has 0 radical (unpaired) electrons. The molecule has 0 unspecified atom stereocenters. The molecule has 1 fully saturated rings. The number of hydrogen-bond donors (Lipinski definition) is 1. The van der Waals surface area contributed by atoms with Crippen molar-refractivity contribution in [1.29, 1.82) is 0 Å². The number of nitrogens with one attached hydrogen (secondary N) is 1. The highest BCUT2D eigenvalue weighted by Gasteiger charge is 2.38. The molecular weight excluding hydrogens is 294 g/mol. The summed E-state index contributed by atoms with van der Waals surface area (Å²) in [6.07, 6.45) is 6.31. The number of allylic oxidation sites excluding steroid dienone is 2. The average Bonchev–Trinajstić information content (AvgIpc) is 2.91. The standard InChI is InChI=1S/C17H17N3O3/c21-16(19-18-13-8-11-4-3-5-12(11)13)9-20-14-6-1-2-7-15(14)23-10-17(20)22/h1-4,6-7,11-12H,5,8-10H2,(H,19,21)/b18-13-/t11-,12+/m0/s1. The van der Waals surface area contributed by atoms with Crippen molar-refractivity contribution in [1.82, 2.24) is 5.43 Å². The number of rotatable bonds is 3. The predicted octanol–water partition coefficient (Wildman–Crippen LogP) is 1.48. The number of hydrazone groups is 1. The fourth-order valence-corrected chi connectivity index (χ4v) is 3.30. The van der Waals surface area contributed by atoms with E-state index in [-0.39, 0.29) is 25.0 Å². The second-order valence-corrected chi connectivity index (χ2v) is 6.01. The summed E-state index contributed by atoms with van der Waals surface area (Å²) in [5.41, 5.74) is 4.25. The molecule has 0 aromatic heterocycles. The summed E-state index contributed by atoms with van der Waals surface area (Å²) in [5.74, 6) is 1.15. The lowest BCUT2D eigenvalue weighted by molar-refractivity contribution is -0.125. The third-order valence-electron chi connectivity index (χ3n) is 4.60. The van der Waals surface area contributed by atoms with E-state index in [1.54, 1.807) is 12.1 Å². The van der Waals surface area contributed by atoms with Crippen LogP contribution < -0.4 is 15.1 Å². The summed E-state index contributed by atoms with van der Waals surface area (Å²) in [6.45, 7) is -0.101. The van der Waals surface area contributed by atoms with E-state index in [1.807, 2.05) is 12.1 Å². The summed E-state index contributed by atoms with van der Waals surface area (Å²) in [7, 11) is 0. The number of fused-ring (bicyclic) bond motifs is 2. The van der Waals surface area contributed by atoms with Crippen LogP contribution in [0.5, 0.6) is 5.75 Å². The van der Waals surface area contributed by atoms with Gasteiger partial charge >= 0.3 is 0 Å². The van der Waals surface area contributed by atoms with Crippen molar-refractivity contribution in [3.05, 3.63) is 36.4 Å². The molecule has 1 heterocycles. The first-order valence-electron chi connectivity index (χ1n) is 7.76. The Labute approximate surface area is 133 Å². The van der Waals surface area contributed by atoms with Crippen molar-refractivity contribution in [2.24, 2.45) is 16.9 Å². The minimum atomic E-state index is -0.294. The van der Waals surface area contributed by atoms with Crippen LogP contribution in [0.15, 0.2) is 41.5 Å². The molecule has 1 saturated carbocycles. The maximum atomic E-state index is 12.1. The summed E-state index contributed by atoms with van der Waals surface area (Å²) in [4.78, 5) is 25.6. The maximum Gasteiger partial charge on any atom is 0.265 e. The smallest absolute Gasteiger partial charge is 0.265 e. The second kappa shape index (κ2) is 5.53. The molecule has 6 nitrogen and oxygen atoms in total. The van der Waals surface area contributed by atoms with Gasteiger partial charge in [-0.15, -0.1) is 0 Å². The van der Waals surface area contributed by atoms with Gasteiger partial charge in [0.25, 0.3) is 11.8 Å². The van der Waals surface area contributed by atoms with Gasteiger partial charge in [0.15, 0.2) is 6.61 Å². The molecule has 2 amide bonds. The summed E-state index contributed by atoms with van der Waals surface area (Å²) in [5, 5.41) is 4.23. The molecule has 0 bridgehead atoms. The van der Waals surface area contributed by atoms with Gasteiger partial charge in [0.2, 0.25) is 0 Å². The van der Waals surface area contributed by atoms with Crippen molar-refractivity contribution in [2.75, 3.05) is 18.1 Å². The van der Waals surface area contributed by atoms with Crippen LogP contribution in [0.4, 0.5) is 5.69 Å². The van der Waals surface area contributed by atoms with Crippen molar-refractivity contribution in [2.45, 2.75) is 12.8 Å². The van der Waals surface area contributed by atoms with Crippen LogP contribution in [0.1, 0.15) is 12.8 Å². The van der Waals surface area contributed by atoms with Crippen molar-refractivity contribution in [3.63, 3.8) is 0 Å². The first-order chi connectivity index (χ1) is 11.2. The van der Waals surface area contributed by atoms with Gasteiger partial charge in [-0.1, -0.05) is 24.3 Å². The normalized spacial score (nSPS) is 26.3. The van der Waals surface area contributed by atoms with Crippen LogP contribution in [0.25, 0.3) is 0 Å². The Kier molecular flexibility index (Phi) is 3.37. The molecule has 118 valence electrons. The number of nitrogens with zero attached hydrogens (tertiary/aromatic N) is 2. The van der Waals surface area contributed by atoms with Gasteiger partial charge in [0.1, 0.15) is 12.3 Å². The zero-order chi connectivity index (χ0) is 15.8. The molecule has 1 N–H and O–H groups in total. The number of amides is 2. The number of ether oxygens (including phenoxy) is 1. The fraction of sp³-hybridized carbons (Fsp3) is 0.353. The zero-order valence-electron chi connectivity index (χ0n) is 12.6. The van der Waals surface area contributed by atoms with Crippen molar-refractivity contribution >= 4 is 23.2 Å². The van der Waals surface area contributed by atoms with E-state index in [2.05, 4.69) is 22.7 Å². The van der Waals surface area contributed by atoms with Crippen LogP contribution in [-0.2, 0) is 9.59 Å². The Morgan fingerprint density at radius 3 is 3.13 bits per heavy atom. The second-order valence-electron chi connectivity index (χ2n) is 6.01. The number of benzene rings is 1. The van der Waals surface area contributed by atoms with E-state index in [0.29, 0.717) is 23.3 Å². The molecule has 6 heteroatoms. The predicted molar refractivity (Wildman–Crippen MR) is 85.2 cm³/mol. The van der Waals surface area contributed by atoms with Gasteiger partial charge in [0, 0.05) is 11.6 Å². The highest BCUT2D eigenvalue weighted by molar-refractivity contribution is 6.02. The number of hydrogen-bond acceptors (Lipinski definition) is 4. The Morgan fingerprint density at radius 1 is 1.39 bits per heavy atom. The number of anilines is 1. The lowest BCUT2D eigenvalue weighted by atomic mass is 9.74. The third-order valence-corrected chi connectivity index (χ3v) is 4.60. The lowest BCUT2D eigenvalue weighted by Gasteiger charge is -2.32. The molecule has 3 aliphatic rings. The SMILES string of the molecule is O=C(CN1C(=O)COc2ccccc21)N/N=C1/C[C@@H]2C=CC[C@@H]12. The topological polar surface area (TPSA) is 71.0 Å². The lowest BCUT2D eigenvalue weighted by Crippen LogP contribution is -2.45. The molecule has 1 aromatic rings. The van der Waals surface area contributed by atoms with Gasteiger partial charge in [0.05, 0.1) is 5.69 Å². The first kappa shape index (κ1) is 14.0. The molecule has 1 aromatic carbocycles. The monoisotopic (exact) mass is 311 g/mol. The fourth-order valence-electron chi connectivity index (χ4n) is 3.30. The van der Waals surface area contributed by atoms with Crippen LogP contribution in [0.2, 0.25) is 0 Å². The van der Waals surface area contributed by atoms with Gasteiger partial charge < -0.3 is 4.74 Å². The third kappa shape index (κ3) is 2.50. The van der Waals surface area contributed by atoms with Crippen LogP contribution in [-0.4, -0.2) is 30.7 Å². The summed E-state index contributed by atoms with van der Waals surface area (Å²) in [6, 6.07) is 7.20. The van der Waals surface area contributed by atoms with E-state index in [0.717, 1.165) is 18.6 Å². The summed E-state index contributed by atoms with van der Waals surface area (Å²) < 4.78 is 5.36. The van der Waals surface area contributed by atoms with E-state index in [1.165, 1.54) is 4.90 Å². The van der Waals surface area contributed by atoms with Crippen LogP contribution >= 0.6 is 0 Å². The molecule has 2 atom stereocenters. The maximum absolute atomic E-state index is 12.1. The van der Waals surface area contributed by atoms with E-state index in [9.17, 15) is 9.59 Å². The molecule has 0 spiro atoms. The van der Waals surface area contributed by atoms with Gasteiger partial charge in [-0.2, -0.15) is 5.10 Å². The summed E-state index contributed by atoms with van der Waals surface area (Å²) >= 11 is 0. The quantitative estimate of drug-likeness (QED) is 0.679. The highest BCUT2D eigenvalue weighted by atomic mass is 16.5. The van der Waals surface area contributed by atoms with Crippen LogP contribution in [0.3, 0.4) is 0 Å². The average molecular weight is 311 g/mol. The van der Waals surface area contributed by atoms with Gasteiger partial charge in [-0.05, 0) is 30.9 Å². The Hall–Kier alpha value is -2.63. The van der Waals surface area contributed by atoms with E-state index >= 15 is 0 Å². The molecule has 0 saturated heterocycles. The largest absolute Gasteiger partial charge is 0.482 e. The molecule has 2 aliphatic carbocycles. The number of carbonyl (C=O) groups excluding carboxylic acids is 2. The Morgan fingerprint density at radius 2 is 2.26 bits per heavy atom. The molecule has 1 aliphatic heterocycles. The van der Waals surface area contributed by atoms with Gasteiger partial charge in [-0.3, -0.25) is 14.5 Å². The Balaban J connectivity index is 1.41. The minimum absolute atomic E-state index is 0.0474. The number of carbonyl (C=O) groups is 2. The Bertz CT molecular complexity index is 726. The minimum Gasteiger partial charge on any atom is -0.482 e. The van der Waals surface area contributed by atoms with Crippen molar-refractivity contribution in [3.8, 4) is 5.75 Å². The zero-order valence-corrected chi connectivity index (χ0v) is 12.6. The van der Waals surface area contributed by atoms with Crippen molar-refractivity contribution < 1.29 is 14.3 Å². The molecular formula is C17H17N3O3. The van der Waals surface area contributed by atoms with E-state index < -0.39 is 0 Å². The van der Waals surface area contributed by atoms with Gasteiger partial charge in [-0.25, -0.2) is 5.43 Å². The molecule has 4 rings (SSSR count). The number of para-hydroxylation sites is 2. The highest BCUT2D eigenvalue weighted by Crippen LogP contribution is 2.40. The van der Waals surface area contributed by atoms with E-state index in [4.69, 9.17) is 4.74 Å². The van der Waals surface area contributed by atoms with Crippen LogP contribution in [0, 0.1) is 11.8 Å².